The number of hydrogen-bond donors (Lipinski definition) is 1. The van der Waals surface area contributed by atoms with Gasteiger partial charge in [-0.3, -0.25) is 4.79 Å². The molecular weight excluding hydrogens is 318 g/mol. The molecule has 1 N–H and O–H groups in total. The molecule has 120 valence electrons. The van der Waals surface area contributed by atoms with Crippen LogP contribution in [-0.4, -0.2) is 29.2 Å². The summed E-state index contributed by atoms with van der Waals surface area (Å²) in [4.78, 5) is 11.7. The molecule has 4 nitrogen and oxygen atoms in total. The van der Waals surface area contributed by atoms with Crippen molar-refractivity contribution in [2.24, 2.45) is 0 Å². The van der Waals surface area contributed by atoms with Crippen molar-refractivity contribution in [1.29, 1.82) is 0 Å². The van der Waals surface area contributed by atoms with Gasteiger partial charge in [-0.25, -0.2) is 0 Å². The van der Waals surface area contributed by atoms with E-state index in [0.717, 1.165) is 24.2 Å². The average molecular weight is 339 g/mol. The van der Waals surface area contributed by atoms with Crippen molar-refractivity contribution in [3.63, 3.8) is 0 Å². The molecule has 1 fully saturated rings. The summed E-state index contributed by atoms with van der Waals surface area (Å²) in [5, 5.41) is 2.51. The van der Waals surface area contributed by atoms with E-state index in [1.807, 2.05) is 18.2 Å². The zero-order valence-electron chi connectivity index (χ0n) is 12.9. The SMILES string of the molecule is CCCCCOc1ccc(CC2SC(=S)NC2=O)cc1OC. The highest BCUT2D eigenvalue weighted by Gasteiger charge is 2.29. The Labute approximate surface area is 140 Å². The molecule has 6 heteroatoms. The Morgan fingerprint density at radius 3 is 2.77 bits per heavy atom. The van der Waals surface area contributed by atoms with Crippen molar-refractivity contribution in [2.75, 3.05) is 13.7 Å². The zero-order chi connectivity index (χ0) is 15.9. The van der Waals surface area contributed by atoms with E-state index in [-0.39, 0.29) is 11.2 Å². The van der Waals surface area contributed by atoms with Crippen molar-refractivity contribution in [2.45, 2.75) is 37.9 Å². The number of methoxy groups -OCH3 is 1. The lowest BCUT2D eigenvalue weighted by Gasteiger charge is -2.13. The first-order valence-electron chi connectivity index (χ1n) is 7.45. The predicted molar refractivity (Wildman–Crippen MR) is 93.8 cm³/mol. The summed E-state index contributed by atoms with van der Waals surface area (Å²) in [6, 6.07) is 5.83. The lowest BCUT2D eigenvalue weighted by atomic mass is 10.1. The largest absolute Gasteiger partial charge is 0.493 e. The van der Waals surface area contributed by atoms with Crippen molar-refractivity contribution >= 4 is 34.2 Å². The molecule has 1 aliphatic rings. The molecule has 1 saturated heterocycles. The van der Waals surface area contributed by atoms with Crippen LogP contribution >= 0.6 is 24.0 Å². The molecule has 1 unspecified atom stereocenters. The van der Waals surface area contributed by atoms with Crippen LogP contribution in [0.1, 0.15) is 31.7 Å². The number of thioether (sulfide) groups is 1. The number of thiocarbonyl (C=S) groups is 1. The third-order valence-electron chi connectivity index (χ3n) is 3.42. The Bertz CT molecular complexity index is 548. The second kappa shape index (κ2) is 8.39. The van der Waals surface area contributed by atoms with Gasteiger partial charge in [0.2, 0.25) is 5.91 Å². The number of carbonyl (C=O) groups is 1. The number of unbranched alkanes of at least 4 members (excludes halogenated alkanes) is 2. The van der Waals surface area contributed by atoms with Gasteiger partial charge < -0.3 is 14.8 Å². The van der Waals surface area contributed by atoms with Gasteiger partial charge in [-0.05, 0) is 30.5 Å². The highest BCUT2D eigenvalue weighted by molar-refractivity contribution is 8.24. The molecule has 0 radical (unpaired) electrons. The average Bonchev–Trinajstić information content (AvgIpc) is 2.82. The Morgan fingerprint density at radius 1 is 1.32 bits per heavy atom. The summed E-state index contributed by atoms with van der Waals surface area (Å²) < 4.78 is 11.7. The van der Waals surface area contributed by atoms with Gasteiger partial charge >= 0.3 is 0 Å². The van der Waals surface area contributed by atoms with Crippen LogP contribution in [0.2, 0.25) is 0 Å². The molecule has 2 rings (SSSR count). The van der Waals surface area contributed by atoms with Gasteiger partial charge in [0, 0.05) is 0 Å². The van der Waals surface area contributed by atoms with Gasteiger partial charge in [-0.2, -0.15) is 0 Å². The Kier molecular flexibility index (Phi) is 6.51. The minimum Gasteiger partial charge on any atom is -0.493 e. The fourth-order valence-electron chi connectivity index (χ4n) is 2.23. The summed E-state index contributed by atoms with van der Waals surface area (Å²) in [5.74, 6) is 1.44. The molecular formula is C16H21NO3S2. The van der Waals surface area contributed by atoms with Crippen molar-refractivity contribution < 1.29 is 14.3 Å². The molecule has 1 atom stereocenters. The Balaban J connectivity index is 1.99. The topological polar surface area (TPSA) is 47.6 Å². The van der Waals surface area contributed by atoms with E-state index in [1.54, 1.807) is 7.11 Å². The summed E-state index contributed by atoms with van der Waals surface area (Å²) in [5.41, 5.74) is 1.04. The Hall–Kier alpha value is -1.27. The van der Waals surface area contributed by atoms with Crippen molar-refractivity contribution in [3.8, 4) is 11.5 Å². The number of hydrogen-bond acceptors (Lipinski definition) is 5. The molecule has 1 aromatic rings. The van der Waals surface area contributed by atoms with Gasteiger partial charge in [-0.15, -0.1) is 0 Å². The maximum Gasteiger partial charge on any atom is 0.239 e. The van der Waals surface area contributed by atoms with E-state index in [4.69, 9.17) is 21.7 Å². The third-order valence-corrected chi connectivity index (χ3v) is 4.79. The van der Waals surface area contributed by atoms with E-state index in [2.05, 4.69) is 12.2 Å². The van der Waals surface area contributed by atoms with Crippen LogP contribution in [0.5, 0.6) is 11.5 Å². The predicted octanol–water partition coefficient (Wildman–Crippen LogP) is 3.32. The second-order valence-corrected chi connectivity index (χ2v) is 7.01. The summed E-state index contributed by atoms with van der Waals surface area (Å²) in [6.07, 6.45) is 4.00. The van der Waals surface area contributed by atoms with E-state index < -0.39 is 0 Å². The molecule has 1 heterocycles. The van der Waals surface area contributed by atoms with Crippen molar-refractivity contribution in [1.82, 2.24) is 5.32 Å². The van der Waals surface area contributed by atoms with Crippen LogP contribution in [0.15, 0.2) is 18.2 Å². The van der Waals surface area contributed by atoms with Crippen LogP contribution in [0.4, 0.5) is 0 Å². The Morgan fingerprint density at radius 2 is 2.14 bits per heavy atom. The summed E-state index contributed by atoms with van der Waals surface area (Å²) in [7, 11) is 1.63. The lowest BCUT2D eigenvalue weighted by Crippen LogP contribution is -2.25. The number of amides is 1. The maximum absolute atomic E-state index is 11.7. The first-order valence-corrected chi connectivity index (χ1v) is 8.74. The van der Waals surface area contributed by atoms with Gasteiger partial charge in [0.15, 0.2) is 11.5 Å². The van der Waals surface area contributed by atoms with E-state index in [0.29, 0.717) is 23.1 Å². The monoisotopic (exact) mass is 339 g/mol. The number of carbonyl (C=O) groups excluding carboxylic acids is 1. The zero-order valence-corrected chi connectivity index (χ0v) is 14.5. The molecule has 0 aliphatic carbocycles. The molecule has 1 aliphatic heterocycles. The molecule has 0 bridgehead atoms. The number of benzene rings is 1. The third kappa shape index (κ3) is 4.61. The standard InChI is InChI=1S/C16H21NO3S2/c1-3-4-5-8-20-12-7-6-11(9-13(12)19-2)10-14-15(18)17-16(21)22-14/h6-7,9,14H,3-5,8,10H2,1-2H3,(H,17,18,21). The van der Waals surface area contributed by atoms with Gasteiger partial charge in [0.1, 0.15) is 4.32 Å². The molecule has 0 aromatic heterocycles. The summed E-state index contributed by atoms with van der Waals surface area (Å²) in [6.45, 7) is 2.86. The fourth-order valence-corrected chi connectivity index (χ4v) is 3.54. The van der Waals surface area contributed by atoms with E-state index >= 15 is 0 Å². The fraction of sp³-hybridized carbons (Fsp3) is 0.500. The highest BCUT2D eigenvalue weighted by atomic mass is 32.2. The summed E-state index contributed by atoms with van der Waals surface area (Å²) >= 11 is 6.42. The first-order chi connectivity index (χ1) is 10.6. The molecule has 0 saturated carbocycles. The van der Waals surface area contributed by atoms with Crippen LogP contribution in [0, 0.1) is 0 Å². The molecule has 1 amide bonds. The van der Waals surface area contributed by atoms with Gasteiger partial charge in [0.25, 0.3) is 0 Å². The first kappa shape index (κ1) is 17.1. The van der Waals surface area contributed by atoms with Gasteiger partial charge in [-0.1, -0.05) is 49.8 Å². The second-order valence-electron chi connectivity index (χ2n) is 5.13. The maximum atomic E-state index is 11.7. The highest BCUT2D eigenvalue weighted by Crippen LogP contribution is 2.31. The van der Waals surface area contributed by atoms with Crippen LogP contribution in [-0.2, 0) is 11.2 Å². The molecule has 1 aromatic carbocycles. The molecule has 22 heavy (non-hydrogen) atoms. The van der Waals surface area contributed by atoms with E-state index in [9.17, 15) is 4.79 Å². The van der Waals surface area contributed by atoms with Crippen molar-refractivity contribution in [3.05, 3.63) is 23.8 Å². The molecule has 0 spiro atoms. The minimum atomic E-state index is -0.159. The van der Waals surface area contributed by atoms with Crippen LogP contribution < -0.4 is 14.8 Å². The number of rotatable bonds is 8. The van der Waals surface area contributed by atoms with E-state index in [1.165, 1.54) is 18.2 Å². The number of nitrogens with one attached hydrogen (secondary N) is 1. The number of ether oxygens (including phenoxy) is 2. The lowest BCUT2D eigenvalue weighted by molar-refractivity contribution is -0.118. The smallest absolute Gasteiger partial charge is 0.239 e. The van der Waals surface area contributed by atoms with Gasteiger partial charge in [0.05, 0.1) is 19.0 Å². The van der Waals surface area contributed by atoms with Crippen LogP contribution in [0.25, 0.3) is 0 Å². The normalized spacial score (nSPS) is 17.5. The van der Waals surface area contributed by atoms with Crippen LogP contribution in [0.3, 0.4) is 0 Å². The minimum absolute atomic E-state index is 0.0196. The quantitative estimate of drug-likeness (QED) is 0.581.